The van der Waals surface area contributed by atoms with Crippen LogP contribution in [0.25, 0.3) is 0 Å². The van der Waals surface area contributed by atoms with Gasteiger partial charge in [0.1, 0.15) is 0 Å². The van der Waals surface area contributed by atoms with Crippen molar-refractivity contribution in [2.75, 3.05) is 25.6 Å². The van der Waals surface area contributed by atoms with E-state index in [2.05, 4.69) is 24.3 Å². The lowest BCUT2D eigenvalue weighted by molar-refractivity contribution is -0.0173. The van der Waals surface area contributed by atoms with E-state index in [9.17, 15) is 5.11 Å². The number of hydrogen-bond acceptors (Lipinski definition) is 3. The molecular weight excluding hydrogens is 232 g/mol. The minimum atomic E-state index is 0.111. The van der Waals surface area contributed by atoms with E-state index in [1.165, 1.54) is 4.90 Å². The second kappa shape index (κ2) is 6.43. The van der Waals surface area contributed by atoms with Crippen molar-refractivity contribution < 1.29 is 9.84 Å². The maximum atomic E-state index is 9.57. The molecule has 17 heavy (non-hydrogen) atoms. The summed E-state index contributed by atoms with van der Waals surface area (Å²) >= 11 is 1.88. The zero-order valence-electron chi connectivity index (χ0n) is 10.1. The van der Waals surface area contributed by atoms with Crippen molar-refractivity contribution >= 4 is 11.8 Å². The van der Waals surface area contributed by atoms with Crippen molar-refractivity contribution in [2.45, 2.75) is 24.2 Å². The maximum Gasteiger partial charge on any atom is 0.0489 e. The van der Waals surface area contributed by atoms with Crippen molar-refractivity contribution in [1.29, 1.82) is 0 Å². The SMILES string of the molecule is OCC1(CCSc2ccccc2)CCOCC1. The minimum absolute atomic E-state index is 0.111. The van der Waals surface area contributed by atoms with E-state index in [1.807, 2.05) is 17.8 Å². The molecule has 1 aromatic carbocycles. The van der Waals surface area contributed by atoms with Gasteiger partial charge in [0.15, 0.2) is 0 Å². The quantitative estimate of drug-likeness (QED) is 0.817. The standard InChI is InChI=1S/C14H20O2S/c15-12-14(6-9-16-10-7-14)8-11-17-13-4-2-1-3-5-13/h1-5,15H,6-12H2. The first-order chi connectivity index (χ1) is 8.35. The molecule has 2 nitrogen and oxygen atoms in total. The number of aliphatic hydroxyl groups excluding tert-OH is 1. The third-order valence-corrected chi connectivity index (χ3v) is 4.55. The molecule has 0 aromatic heterocycles. The van der Waals surface area contributed by atoms with Crippen LogP contribution in [0.5, 0.6) is 0 Å². The Hall–Kier alpha value is -0.510. The first-order valence-corrected chi connectivity index (χ1v) is 7.20. The summed E-state index contributed by atoms with van der Waals surface area (Å²) < 4.78 is 5.37. The van der Waals surface area contributed by atoms with Crippen LogP contribution in [0.1, 0.15) is 19.3 Å². The van der Waals surface area contributed by atoms with Crippen molar-refractivity contribution in [3.63, 3.8) is 0 Å². The van der Waals surface area contributed by atoms with Gasteiger partial charge in [0.25, 0.3) is 0 Å². The lowest BCUT2D eigenvalue weighted by atomic mass is 9.79. The van der Waals surface area contributed by atoms with E-state index < -0.39 is 0 Å². The van der Waals surface area contributed by atoms with Gasteiger partial charge >= 0.3 is 0 Å². The number of thioether (sulfide) groups is 1. The van der Waals surface area contributed by atoms with Crippen LogP contribution < -0.4 is 0 Å². The van der Waals surface area contributed by atoms with E-state index in [1.54, 1.807) is 0 Å². The highest BCUT2D eigenvalue weighted by Gasteiger charge is 2.31. The summed E-state index contributed by atoms with van der Waals surface area (Å²) in [4.78, 5) is 1.31. The molecule has 1 aliphatic heterocycles. The highest BCUT2D eigenvalue weighted by molar-refractivity contribution is 7.99. The summed E-state index contributed by atoms with van der Waals surface area (Å²) in [5.74, 6) is 1.07. The Kier molecular flexibility index (Phi) is 4.89. The Morgan fingerprint density at radius 2 is 1.88 bits per heavy atom. The van der Waals surface area contributed by atoms with Crippen LogP contribution in [0.15, 0.2) is 35.2 Å². The van der Waals surface area contributed by atoms with Gasteiger partial charge < -0.3 is 9.84 Å². The van der Waals surface area contributed by atoms with Crippen molar-refractivity contribution in [3.05, 3.63) is 30.3 Å². The fraction of sp³-hybridized carbons (Fsp3) is 0.571. The molecule has 3 heteroatoms. The Morgan fingerprint density at radius 3 is 2.53 bits per heavy atom. The molecule has 1 N–H and O–H groups in total. The molecule has 0 bridgehead atoms. The zero-order valence-corrected chi connectivity index (χ0v) is 10.9. The smallest absolute Gasteiger partial charge is 0.0489 e. The number of rotatable bonds is 5. The molecule has 1 aromatic rings. The van der Waals surface area contributed by atoms with E-state index >= 15 is 0 Å². The fourth-order valence-electron chi connectivity index (χ4n) is 2.19. The van der Waals surface area contributed by atoms with Gasteiger partial charge in [-0.05, 0) is 42.6 Å². The summed E-state index contributed by atoms with van der Waals surface area (Å²) in [5.41, 5.74) is 0.111. The van der Waals surface area contributed by atoms with E-state index in [4.69, 9.17) is 4.74 Å². The predicted octanol–water partition coefficient (Wildman–Crippen LogP) is 2.96. The molecule has 0 saturated carbocycles. The molecule has 1 aliphatic rings. The Bertz CT molecular complexity index is 320. The summed E-state index contributed by atoms with van der Waals surface area (Å²) in [5, 5.41) is 9.57. The molecule has 0 amide bonds. The highest BCUT2D eigenvalue weighted by atomic mass is 32.2. The molecule has 1 heterocycles. The summed E-state index contributed by atoms with van der Waals surface area (Å²) in [6.45, 7) is 1.90. The van der Waals surface area contributed by atoms with Crippen LogP contribution >= 0.6 is 11.8 Å². The Morgan fingerprint density at radius 1 is 1.18 bits per heavy atom. The average Bonchev–Trinajstić information content (AvgIpc) is 2.41. The largest absolute Gasteiger partial charge is 0.396 e. The minimum Gasteiger partial charge on any atom is -0.396 e. The molecule has 2 rings (SSSR count). The van der Waals surface area contributed by atoms with E-state index in [0.717, 1.165) is 38.2 Å². The van der Waals surface area contributed by atoms with Crippen LogP contribution in [-0.2, 0) is 4.74 Å². The first kappa shape index (κ1) is 12.9. The molecule has 1 fully saturated rings. The third-order valence-electron chi connectivity index (χ3n) is 3.53. The fourth-order valence-corrected chi connectivity index (χ4v) is 3.31. The lowest BCUT2D eigenvalue weighted by Crippen LogP contribution is -2.33. The van der Waals surface area contributed by atoms with Gasteiger partial charge in [-0.25, -0.2) is 0 Å². The molecule has 0 unspecified atom stereocenters. The van der Waals surface area contributed by atoms with Gasteiger partial charge in [-0.15, -0.1) is 11.8 Å². The van der Waals surface area contributed by atoms with Crippen molar-refractivity contribution in [2.24, 2.45) is 5.41 Å². The zero-order chi connectivity index (χ0) is 12.0. The number of aliphatic hydroxyl groups is 1. The summed E-state index contributed by atoms with van der Waals surface area (Å²) in [7, 11) is 0. The summed E-state index contributed by atoms with van der Waals surface area (Å²) in [6, 6.07) is 10.5. The maximum absolute atomic E-state index is 9.57. The van der Waals surface area contributed by atoms with Crippen LogP contribution in [0, 0.1) is 5.41 Å². The number of hydrogen-bond donors (Lipinski definition) is 1. The first-order valence-electron chi connectivity index (χ1n) is 6.21. The molecule has 94 valence electrons. The topological polar surface area (TPSA) is 29.5 Å². The van der Waals surface area contributed by atoms with Crippen LogP contribution in [-0.4, -0.2) is 30.7 Å². The monoisotopic (exact) mass is 252 g/mol. The molecule has 0 aliphatic carbocycles. The lowest BCUT2D eigenvalue weighted by Gasteiger charge is -2.35. The van der Waals surface area contributed by atoms with Crippen LogP contribution in [0.4, 0.5) is 0 Å². The Labute approximate surface area is 107 Å². The van der Waals surface area contributed by atoms with Gasteiger partial charge in [-0.1, -0.05) is 18.2 Å². The molecule has 1 saturated heterocycles. The van der Waals surface area contributed by atoms with Crippen molar-refractivity contribution in [1.82, 2.24) is 0 Å². The Balaban J connectivity index is 1.80. The molecule has 0 atom stereocenters. The van der Waals surface area contributed by atoms with Crippen LogP contribution in [0.3, 0.4) is 0 Å². The number of ether oxygens (including phenoxy) is 1. The molecule has 0 radical (unpaired) electrons. The second-order valence-corrected chi connectivity index (χ2v) is 5.85. The highest BCUT2D eigenvalue weighted by Crippen LogP contribution is 2.35. The van der Waals surface area contributed by atoms with Gasteiger partial charge in [0.2, 0.25) is 0 Å². The summed E-state index contributed by atoms with van der Waals surface area (Å²) in [6.07, 6.45) is 3.07. The normalized spacial score (nSPS) is 19.1. The van der Waals surface area contributed by atoms with E-state index in [0.29, 0.717) is 6.61 Å². The molecular formula is C14H20O2S. The van der Waals surface area contributed by atoms with Crippen LogP contribution in [0.2, 0.25) is 0 Å². The van der Waals surface area contributed by atoms with Gasteiger partial charge in [-0.3, -0.25) is 0 Å². The van der Waals surface area contributed by atoms with E-state index in [-0.39, 0.29) is 5.41 Å². The predicted molar refractivity (Wildman–Crippen MR) is 71.4 cm³/mol. The van der Waals surface area contributed by atoms with Gasteiger partial charge in [0, 0.05) is 24.7 Å². The van der Waals surface area contributed by atoms with Gasteiger partial charge in [0.05, 0.1) is 0 Å². The molecule has 0 spiro atoms. The average molecular weight is 252 g/mol. The third kappa shape index (κ3) is 3.73. The van der Waals surface area contributed by atoms with Gasteiger partial charge in [-0.2, -0.15) is 0 Å². The number of benzene rings is 1. The van der Waals surface area contributed by atoms with Crippen molar-refractivity contribution in [3.8, 4) is 0 Å². The second-order valence-electron chi connectivity index (χ2n) is 4.68.